The van der Waals surface area contributed by atoms with Gasteiger partial charge in [0, 0.05) is 18.0 Å². The molecular weight excluding hydrogens is 330 g/mol. The monoisotopic (exact) mass is 353 g/mol. The van der Waals surface area contributed by atoms with Gasteiger partial charge in [0.05, 0.1) is 18.2 Å². The molecule has 0 aliphatic carbocycles. The summed E-state index contributed by atoms with van der Waals surface area (Å²) in [7, 11) is 1.90. The Bertz CT molecular complexity index is 661. The molecule has 0 aliphatic rings. The molecule has 0 saturated carbocycles. The maximum Gasteiger partial charge on any atom is 0.258 e. The van der Waals surface area contributed by atoms with Crippen LogP contribution in [0.1, 0.15) is 33.0 Å². The molecule has 2 aromatic rings. The molecule has 1 atom stereocenters. The average molecular weight is 354 g/mol. The lowest BCUT2D eigenvalue weighted by Gasteiger charge is -2.13. The third kappa shape index (κ3) is 4.61. The normalized spacial score (nSPS) is 12.2. The van der Waals surface area contributed by atoms with Crippen LogP contribution in [-0.4, -0.2) is 36.4 Å². The van der Waals surface area contributed by atoms with Gasteiger partial charge in [-0.1, -0.05) is 23.7 Å². The Hall–Kier alpha value is -1.79. The Morgan fingerprint density at radius 2 is 2.08 bits per heavy atom. The first-order chi connectivity index (χ1) is 11.6. The molecule has 24 heavy (non-hydrogen) atoms. The Labute approximate surface area is 147 Å². The van der Waals surface area contributed by atoms with Crippen LogP contribution in [0.4, 0.5) is 0 Å². The van der Waals surface area contributed by atoms with Crippen molar-refractivity contribution in [2.75, 3.05) is 20.3 Å². The second-order valence-electron chi connectivity index (χ2n) is 5.48. The predicted octanol–water partition coefficient (Wildman–Crippen LogP) is 3.73. The SMILES string of the molecule is CCCOc1c(Cl)cc(-c2nc(CC(C)NC)no2)cc1OCC. The Balaban J connectivity index is 2.30. The van der Waals surface area contributed by atoms with Gasteiger partial charge in [0.15, 0.2) is 17.3 Å². The molecule has 0 bridgehead atoms. The van der Waals surface area contributed by atoms with Crippen LogP contribution in [0.2, 0.25) is 5.02 Å². The van der Waals surface area contributed by atoms with E-state index >= 15 is 0 Å². The third-order valence-electron chi connectivity index (χ3n) is 3.46. The van der Waals surface area contributed by atoms with Crippen LogP contribution in [-0.2, 0) is 6.42 Å². The standard InChI is InChI=1S/C17H24ClN3O3/c1-5-7-23-16-13(18)9-12(10-14(16)22-6-2)17-20-15(21-24-17)8-11(3)19-4/h9-11,19H,5-8H2,1-4H3. The van der Waals surface area contributed by atoms with Crippen molar-refractivity contribution in [2.24, 2.45) is 0 Å². The summed E-state index contributed by atoms with van der Waals surface area (Å²) >= 11 is 6.36. The van der Waals surface area contributed by atoms with E-state index in [1.165, 1.54) is 0 Å². The van der Waals surface area contributed by atoms with E-state index in [9.17, 15) is 0 Å². The fourth-order valence-corrected chi connectivity index (χ4v) is 2.39. The molecule has 1 N–H and O–H groups in total. The minimum atomic E-state index is 0.267. The molecule has 0 aliphatic heterocycles. The molecule has 132 valence electrons. The molecule has 1 aromatic heterocycles. The molecule has 1 heterocycles. The lowest BCUT2D eigenvalue weighted by Crippen LogP contribution is -2.24. The quantitative estimate of drug-likeness (QED) is 0.740. The van der Waals surface area contributed by atoms with Crippen LogP contribution >= 0.6 is 11.6 Å². The maximum absolute atomic E-state index is 6.36. The van der Waals surface area contributed by atoms with Crippen molar-refractivity contribution in [3.8, 4) is 23.0 Å². The van der Waals surface area contributed by atoms with E-state index in [0.717, 1.165) is 6.42 Å². The van der Waals surface area contributed by atoms with Gasteiger partial charge in [-0.3, -0.25) is 0 Å². The van der Waals surface area contributed by atoms with Gasteiger partial charge >= 0.3 is 0 Å². The van der Waals surface area contributed by atoms with Crippen LogP contribution in [0.15, 0.2) is 16.7 Å². The topological polar surface area (TPSA) is 69.4 Å². The van der Waals surface area contributed by atoms with E-state index in [0.29, 0.717) is 53.4 Å². The number of nitrogens with one attached hydrogen (secondary N) is 1. The van der Waals surface area contributed by atoms with Crippen LogP contribution in [0.3, 0.4) is 0 Å². The maximum atomic E-state index is 6.36. The molecule has 0 spiro atoms. The largest absolute Gasteiger partial charge is 0.490 e. The van der Waals surface area contributed by atoms with Crippen molar-refractivity contribution < 1.29 is 14.0 Å². The average Bonchev–Trinajstić information content (AvgIpc) is 3.02. The summed E-state index contributed by atoms with van der Waals surface area (Å²) in [6.07, 6.45) is 1.57. The third-order valence-corrected chi connectivity index (χ3v) is 3.74. The van der Waals surface area contributed by atoms with Crippen LogP contribution < -0.4 is 14.8 Å². The Kier molecular flexibility index (Phi) is 6.87. The van der Waals surface area contributed by atoms with Crippen molar-refractivity contribution in [3.63, 3.8) is 0 Å². The molecular formula is C17H24ClN3O3. The summed E-state index contributed by atoms with van der Waals surface area (Å²) in [5.41, 5.74) is 0.711. The summed E-state index contributed by atoms with van der Waals surface area (Å²) in [5, 5.41) is 7.63. The number of halogens is 1. The van der Waals surface area contributed by atoms with Gasteiger partial charge in [-0.2, -0.15) is 4.98 Å². The van der Waals surface area contributed by atoms with Crippen LogP contribution in [0.5, 0.6) is 11.5 Å². The fraction of sp³-hybridized carbons (Fsp3) is 0.529. The fourth-order valence-electron chi connectivity index (χ4n) is 2.13. The zero-order valence-corrected chi connectivity index (χ0v) is 15.3. The van der Waals surface area contributed by atoms with Crippen LogP contribution in [0.25, 0.3) is 11.5 Å². The van der Waals surface area contributed by atoms with E-state index in [4.69, 9.17) is 25.6 Å². The smallest absolute Gasteiger partial charge is 0.258 e. The summed E-state index contributed by atoms with van der Waals surface area (Å²) in [6.45, 7) is 7.09. The molecule has 1 aromatic carbocycles. The number of aromatic nitrogens is 2. The minimum Gasteiger partial charge on any atom is -0.490 e. The highest BCUT2D eigenvalue weighted by Crippen LogP contribution is 2.39. The number of benzene rings is 1. The van der Waals surface area contributed by atoms with Gasteiger partial charge < -0.3 is 19.3 Å². The molecule has 0 radical (unpaired) electrons. The first-order valence-electron chi connectivity index (χ1n) is 8.18. The Morgan fingerprint density at radius 1 is 1.29 bits per heavy atom. The van der Waals surface area contributed by atoms with Crippen molar-refractivity contribution in [1.29, 1.82) is 0 Å². The summed E-state index contributed by atoms with van der Waals surface area (Å²) in [5.74, 6) is 2.19. The molecule has 1 unspecified atom stereocenters. The van der Waals surface area contributed by atoms with E-state index in [1.54, 1.807) is 6.07 Å². The van der Waals surface area contributed by atoms with Crippen molar-refractivity contribution in [2.45, 2.75) is 39.7 Å². The van der Waals surface area contributed by atoms with E-state index in [1.807, 2.05) is 27.0 Å². The highest BCUT2D eigenvalue weighted by atomic mass is 35.5. The van der Waals surface area contributed by atoms with Gasteiger partial charge in [-0.25, -0.2) is 0 Å². The first kappa shape index (κ1) is 18.5. The lowest BCUT2D eigenvalue weighted by atomic mass is 10.2. The van der Waals surface area contributed by atoms with E-state index in [2.05, 4.69) is 22.4 Å². The number of rotatable bonds is 9. The molecule has 7 heteroatoms. The van der Waals surface area contributed by atoms with Gasteiger partial charge in [-0.05, 0) is 39.4 Å². The van der Waals surface area contributed by atoms with Crippen molar-refractivity contribution >= 4 is 11.6 Å². The molecule has 2 rings (SSSR count). The number of ether oxygens (including phenoxy) is 2. The Morgan fingerprint density at radius 3 is 2.75 bits per heavy atom. The second-order valence-corrected chi connectivity index (χ2v) is 5.88. The number of nitrogens with zero attached hydrogens (tertiary/aromatic N) is 2. The predicted molar refractivity (Wildman–Crippen MR) is 93.9 cm³/mol. The van der Waals surface area contributed by atoms with E-state index < -0.39 is 0 Å². The highest BCUT2D eigenvalue weighted by Gasteiger charge is 2.17. The molecule has 6 nitrogen and oxygen atoms in total. The molecule has 0 amide bonds. The summed E-state index contributed by atoms with van der Waals surface area (Å²) < 4.78 is 16.7. The van der Waals surface area contributed by atoms with Gasteiger partial charge in [0.2, 0.25) is 0 Å². The first-order valence-corrected chi connectivity index (χ1v) is 8.56. The zero-order chi connectivity index (χ0) is 17.5. The molecule has 0 fully saturated rings. The highest BCUT2D eigenvalue weighted by molar-refractivity contribution is 6.32. The van der Waals surface area contributed by atoms with Crippen LogP contribution in [0, 0.1) is 0 Å². The number of hydrogen-bond acceptors (Lipinski definition) is 6. The lowest BCUT2D eigenvalue weighted by molar-refractivity contribution is 0.277. The second kappa shape index (κ2) is 8.89. The number of likely N-dealkylation sites (N-methyl/N-ethyl adjacent to an activating group) is 1. The van der Waals surface area contributed by atoms with Gasteiger partial charge in [-0.15, -0.1) is 0 Å². The zero-order valence-electron chi connectivity index (χ0n) is 14.6. The van der Waals surface area contributed by atoms with E-state index in [-0.39, 0.29) is 6.04 Å². The summed E-state index contributed by atoms with van der Waals surface area (Å²) in [4.78, 5) is 4.43. The van der Waals surface area contributed by atoms with Crippen molar-refractivity contribution in [1.82, 2.24) is 15.5 Å². The summed E-state index contributed by atoms with van der Waals surface area (Å²) in [6, 6.07) is 3.84. The van der Waals surface area contributed by atoms with Gasteiger partial charge in [0.1, 0.15) is 0 Å². The minimum absolute atomic E-state index is 0.267. The van der Waals surface area contributed by atoms with Gasteiger partial charge in [0.25, 0.3) is 5.89 Å². The van der Waals surface area contributed by atoms with Crippen molar-refractivity contribution in [3.05, 3.63) is 23.0 Å². The number of hydrogen-bond donors (Lipinski definition) is 1. The molecule has 0 saturated heterocycles.